The molecule has 2 heterocycles. The van der Waals surface area contributed by atoms with Crippen molar-refractivity contribution in [2.24, 2.45) is 0 Å². The highest BCUT2D eigenvalue weighted by Crippen LogP contribution is 2.23. The Hall–Kier alpha value is -1.55. The zero-order valence-corrected chi connectivity index (χ0v) is 9.82. The van der Waals surface area contributed by atoms with Gasteiger partial charge < -0.3 is 9.72 Å². The Kier molecular flexibility index (Phi) is 2.59. The van der Waals surface area contributed by atoms with Gasteiger partial charge in [0.05, 0.1) is 22.3 Å². The molecule has 0 saturated carbocycles. The number of nitrogens with one attached hydrogen (secondary N) is 1. The molecule has 2 aromatic rings. The lowest BCUT2D eigenvalue weighted by atomic mass is 10.1. The molecule has 4 nitrogen and oxygen atoms in total. The predicted octanol–water partition coefficient (Wildman–Crippen LogP) is 1.97. The van der Waals surface area contributed by atoms with Gasteiger partial charge >= 0.3 is 0 Å². The lowest BCUT2D eigenvalue weighted by Crippen LogP contribution is -2.37. The summed E-state index contributed by atoms with van der Waals surface area (Å²) in [6.07, 6.45) is 4.25. The summed E-state index contributed by atoms with van der Waals surface area (Å²) in [5, 5.41) is 3.37. The molecule has 0 spiro atoms. The maximum Gasteiger partial charge on any atom is 0.207 e. The second-order valence-electron chi connectivity index (χ2n) is 4.08. The van der Waals surface area contributed by atoms with Crippen LogP contribution in [0.3, 0.4) is 0 Å². The molecule has 2 aromatic heterocycles. The van der Waals surface area contributed by atoms with Crippen molar-refractivity contribution in [1.29, 1.82) is 0 Å². The van der Waals surface area contributed by atoms with Crippen LogP contribution >= 0.6 is 11.6 Å². The molecule has 2 rings (SSSR count). The second-order valence-corrected chi connectivity index (χ2v) is 4.49. The van der Waals surface area contributed by atoms with Crippen molar-refractivity contribution in [3.63, 3.8) is 0 Å². The average Bonchev–Trinajstić information content (AvgIpc) is 2.63. The van der Waals surface area contributed by atoms with Crippen LogP contribution in [0, 0.1) is 0 Å². The average molecular weight is 238 g/mol. The van der Waals surface area contributed by atoms with E-state index in [1.54, 1.807) is 6.20 Å². The zero-order valence-electron chi connectivity index (χ0n) is 9.07. The molecule has 0 bridgehead atoms. The van der Waals surface area contributed by atoms with Gasteiger partial charge in [0.1, 0.15) is 5.82 Å². The van der Waals surface area contributed by atoms with E-state index in [2.05, 4.69) is 10.3 Å². The number of imidazole rings is 1. The van der Waals surface area contributed by atoms with E-state index in [1.165, 1.54) is 0 Å². The topological polar surface area (TPSA) is 46.4 Å². The van der Waals surface area contributed by atoms with E-state index in [-0.39, 0.29) is 0 Å². The number of hydrogen-bond donors (Lipinski definition) is 1. The molecule has 1 N–H and O–H groups in total. The molecule has 84 valence electrons. The summed E-state index contributed by atoms with van der Waals surface area (Å²) in [6.45, 7) is 3.77. The number of hydrogen-bond acceptors (Lipinski definition) is 2. The summed E-state index contributed by atoms with van der Waals surface area (Å²) in [4.78, 5) is 14.8. The monoisotopic (exact) mass is 237 g/mol. The quantitative estimate of drug-likeness (QED) is 0.830. The third-order valence-electron chi connectivity index (χ3n) is 2.50. The number of fused-ring (bicyclic) bond motifs is 1. The first-order chi connectivity index (χ1) is 7.56. The van der Waals surface area contributed by atoms with Gasteiger partial charge in [-0.2, -0.15) is 0 Å². The molecule has 0 saturated heterocycles. The fourth-order valence-corrected chi connectivity index (χ4v) is 1.87. The van der Waals surface area contributed by atoms with Crippen molar-refractivity contribution in [2.45, 2.75) is 19.4 Å². The Morgan fingerprint density at radius 1 is 1.56 bits per heavy atom. The first-order valence-electron chi connectivity index (χ1n) is 4.89. The lowest BCUT2D eigenvalue weighted by molar-refractivity contribution is -0.111. The number of nitrogens with zero attached hydrogens (tertiary/aromatic N) is 2. The number of aromatic nitrogens is 2. The van der Waals surface area contributed by atoms with Crippen LogP contribution in [-0.4, -0.2) is 15.8 Å². The van der Waals surface area contributed by atoms with Gasteiger partial charge in [0.15, 0.2) is 0 Å². The zero-order chi connectivity index (χ0) is 11.8. The molecule has 5 heteroatoms. The van der Waals surface area contributed by atoms with E-state index in [0.29, 0.717) is 11.4 Å². The Balaban J connectivity index is 2.62. The smallest absolute Gasteiger partial charge is 0.207 e. The van der Waals surface area contributed by atoms with E-state index in [4.69, 9.17) is 11.6 Å². The fourth-order valence-electron chi connectivity index (χ4n) is 1.66. The summed E-state index contributed by atoms with van der Waals surface area (Å²) >= 11 is 6.05. The van der Waals surface area contributed by atoms with Crippen LogP contribution in [0.25, 0.3) is 5.52 Å². The molecule has 0 unspecified atom stereocenters. The Bertz CT molecular complexity index is 533. The molecule has 0 radical (unpaired) electrons. The SMILES string of the molecule is CC(C)(NC=O)c1ncc2c(Cl)cccn12. The number of pyridine rings is 1. The van der Waals surface area contributed by atoms with Crippen molar-refractivity contribution in [1.82, 2.24) is 14.7 Å². The van der Waals surface area contributed by atoms with Gasteiger partial charge in [-0.3, -0.25) is 4.79 Å². The van der Waals surface area contributed by atoms with Gasteiger partial charge in [-0.05, 0) is 26.0 Å². The van der Waals surface area contributed by atoms with Crippen LogP contribution in [-0.2, 0) is 10.3 Å². The minimum absolute atomic E-state index is 0.529. The minimum Gasteiger partial charge on any atom is -0.347 e. The Morgan fingerprint density at radius 2 is 2.31 bits per heavy atom. The second kappa shape index (κ2) is 3.79. The number of halogens is 1. The number of rotatable bonds is 3. The molecule has 0 aliphatic rings. The van der Waals surface area contributed by atoms with Crippen LogP contribution in [0.15, 0.2) is 24.5 Å². The molecule has 16 heavy (non-hydrogen) atoms. The molecular weight excluding hydrogens is 226 g/mol. The van der Waals surface area contributed by atoms with E-state index in [0.717, 1.165) is 11.3 Å². The highest BCUT2D eigenvalue weighted by atomic mass is 35.5. The van der Waals surface area contributed by atoms with Crippen molar-refractivity contribution >= 4 is 23.5 Å². The highest BCUT2D eigenvalue weighted by Gasteiger charge is 2.24. The van der Waals surface area contributed by atoms with Gasteiger partial charge in [0, 0.05) is 6.20 Å². The van der Waals surface area contributed by atoms with Crippen LogP contribution in [0.2, 0.25) is 5.02 Å². The van der Waals surface area contributed by atoms with Gasteiger partial charge in [-0.25, -0.2) is 4.98 Å². The predicted molar refractivity (Wildman–Crippen MR) is 62.4 cm³/mol. The number of carbonyl (C=O) groups is 1. The summed E-state index contributed by atoms with van der Waals surface area (Å²) in [6, 6.07) is 3.65. The maximum absolute atomic E-state index is 10.5. The van der Waals surface area contributed by atoms with Gasteiger partial charge in [0.2, 0.25) is 6.41 Å². The number of carbonyl (C=O) groups excluding carboxylic acids is 1. The summed E-state index contributed by atoms with van der Waals surface area (Å²) < 4.78 is 1.87. The van der Waals surface area contributed by atoms with Crippen molar-refractivity contribution in [2.75, 3.05) is 0 Å². The summed E-state index contributed by atoms with van der Waals surface area (Å²) in [7, 11) is 0. The molecule has 0 atom stereocenters. The van der Waals surface area contributed by atoms with E-state index in [9.17, 15) is 4.79 Å². The van der Waals surface area contributed by atoms with Crippen LogP contribution in [0.4, 0.5) is 0 Å². The van der Waals surface area contributed by atoms with Crippen LogP contribution in [0.1, 0.15) is 19.7 Å². The summed E-state index contributed by atoms with van der Waals surface area (Å²) in [5.74, 6) is 0.747. The van der Waals surface area contributed by atoms with Crippen molar-refractivity contribution in [3.05, 3.63) is 35.4 Å². The highest BCUT2D eigenvalue weighted by molar-refractivity contribution is 6.33. The van der Waals surface area contributed by atoms with Gasteiger partial charge in [-0.15, -0.1) is 0 Å². The Morgan fingerprint density at radius 3 is 3.00 bits per heavy atom. The molecule has 0 fully saturated rings. The molecule has 0 aliphatic heterocycles. The fraction of sp³-hybridized carbons (Fsp3) is 0.273. The maximum atomic E-state index is 10.5. The summed E-state index contributed by atoms with van der Waals surface area (Å²) in [5.41, 5.74) is 0.304. The molecular formula is C11H12ClN3O. The number of amides is 1. The van der Waals surface area contributed by atoms with E-state index >= 15 is 0 Å². The van der Waals surface area contributed by atoms with Gasteiger partial charge in [0.25, 0.3) is 0 Å². The van der Waals surface area contributed by atoms with E-state index in [1.807, 2.05) is 36.6 Å². The normalized spacial score (nSPS) is 11.7. The largest absolute Gasteiger partial charge is 0.347 e. The van der Waals surface area contributed by atoms with Crippen molar-refractivity contribution in [3.8, 4) is 0 Å². The van der Waals surface area contributed by atoms with E-state index < -0.39 is 5.54 Å². The third kappa shape index (κ3) is 1.65. The minimum atomic E-state index is -0.529. The van der Waals surface area contributed by atoms with Crippen LogP contribution < -0.4 is 5.32 Å². The first kappa shape index (κ1) is 11.0. The van der Waals surface area contributed by atoms with Crippen LogP contribution in [0.5, 0.6) is 0 Å². The molecule has 1 amide bonds. The molecule has 0 aromatic carbocycles. The van der Waals surface area contributed by atoms with Crippen molar-refractivity contribution < 1.29 is 4.79 Å². The standard InChI is InChI=1S/C11H12ClN3O/c1-11(2,14-7-16)10-13-6-9-8(12)4-3-5-15(9)10/h3-7H,1-2H3,(H,14,16). The first-order valence-corrected chi connectivity index (χ1v) is 5.27. The Labute approximate surface area is 98.2 Å². The molecule has 0 aliphatic carbocycles. The van der Waals surface area contributed by atoms with Gasteiger partial charge in [-0.1, -0.05) is 11.6 Å². The third-order valence-corrected chi connectivity index (χ3v) is 2.82. The lowest BCUT2D eigenvalue weighted by Gasteiger charge is -2.22.